The van der Waals surface area contributed by atoms with E-state index in [1.165, 1.54) is 25.8 Å². The number of hydrogen-bond donors (Lipinski definition) is 1. The van der Waals surface area contributed by atoms with Crippen molar-refractivity contribution in [3.63, 3.8) is 0 Å². The van der Waals surface area contributed by atoms with Crippen LogP contribution in [0.2, 0.25) is 0 Å². The second-order valence-electron chi connectivity index (χ2n) is 3.58. The molecule has 10 heavy (non-hydrogen) atoms. The number of nitrogens with one attached hydrogen (secondary N) is 1. The summed E-state index contributed by atoms with van der Waals surface area (Å²) in [5.74, 6) is 0.962. The van der Waals surface area contributed by atoms with Crippen molar-refractivity contribution in [3.05, 3.63) is 11.6 Å². The monoisotopic (exact) mass is 137 g/mol. The molecule has 2 rings (SSSR count). The molecule has 2 aliphatic rings. The fourth-order valence-electron chi connectivity index (χ4n) is 2.10. The topological polar surface area (TPSA) is 12.0 Å². The number of allylic oxidation sites excluding steroid dienone is 1. The zero-order chi connectivity index (χ0) is 6.97. The summed E-state index contributed by atoms with van der Waals surface area (Å²) in [5, 5.41) is 3.51. The molecule has 0 spiro atoms. The maximum atomic E-state index is 3.51. The quantitative estimate of drug-likeness (QED) is 0.501. The van der Waals surface area contributed by atoms with E-state index in [1.807, 2.05) is 0 Å². The van der Waals surface area contributed by atoms with Gasteiger partial charge in [-0.05, 0) is 38.6 Å². The zero-order valence-corrected chi connectivity index (χ0v) is 6.56. The van der Waals surface area contributed by atoms with Crippen LogP contribution < -0.4 is 5.32 Å². The Hall–Kier alpha value is -0.300. The first-order chi connectivity index (χ1) is 4.86. The van der Waals surface area contributed by atoms with Gasteiger partial charge in [-0.3, -0.25) is 0 Å². The van der Waals surface area contributed by atoms with Crippen LogP contribution in [0.3, 0.4) is 0 Å². The standard InChI is InChI=1S/C9H15N/c1-7-2-3-8-4-5-10-9(8)6-7/h6,8-10H,2-5H2,1H3. The largest absolute Gasteiger partial charge is 0.310 e. The molecule has 1 saturated heterocycles. The van der Waals surface area contributed by atoms with E-state index in [0.717, 1.165) is 12.0 Å². The highest BCUT2D eigenvalue weighted by molar-refractivity contribution is 5.12. The average molecular weight is 137 g/mol. The fourth-order valence-corrected chi connectivity index (χ4v) is 2.10. The minimum atomic E-state index is 0.730. The van der Waals surface area contributed by atoms with Gasteiger partial charge in [-0.15, -0.1) is 0 Å². The molecule has 0 saturated carbocycles. The summed E-state index contributed by atoms with van der Waals surface area (Å²) >= 11 is 0. The molecular formula is C9H15N. The van der Waals surface area contributed by atoms with Crippen molar-refractivity contribution in [1.82, 2.24) is 5.32 Å². The first kappa shape index (κ1) is 6.41. The number of hydrogen-bond acceptors (Lipinski definition) is 1. The molecular weight excluding hydrogens is 122 g/mol. The highest BCUT2D eigenvalue weighted by atomic mass is 14.9. The van der Waals surface area contributed by atoms with Gasteiger partial charge in [0.1, 0.15) is 0 Å². The lowest BCUT2D eigenvalue weighted by molar-refractivity contribution is 0.450. The lowest BCUT2D eigenvalue weighted by Crippen LogP contribution is -2.27. The van der Waals surface area contributed by atoms with Gasteiger partial charge in [0.2, 0.25) is 0 Å². The Morgan fingerprint density at radius 2 is 2.40 bits per heavy atom. The van der Waals surface area contributed by atoms with E-state index in [4.69, 9.17) is 0 Å². The zero-order valence-electron chi connectivity index (χ0n) is 6.56. The molecule has 1 aliphatic heterocycles. The maximum Gasteiger partial charge on any atom is 0.0281 e. The average Bonchev–Trinajstić information content (AvgIpc) is 2.33. The van der Waals surface area contributed by atoms with Crippen LogP contribution in [0.15, 0.2) is 11.6 Å². The van der Waals surface area contributed by atoms with Crippen LogP contribution in [0, 0.1) is 5.92 Å². The van der Waals surface area contributed by atoms with E-state index < -0.39 is 0 Å². The Morgan fingerprint density at radius 1 is 1.50 bits per heavy atom. The molecule has 0 aromatic heterocycles. The van der Waals surface area contributed by atoms with Gasteiger partial charge >= 0.3 is 0 Å². The molecule has 1 aliphatic carbocycles. The van der Waals surface area contributed by atoms with Crippen molar-refractivity contribution in [2.24, 2.45) is 5.92 Å². The van der Waals surface area contributed by atoms with E-state index in [2.05, 4.69) is 18.3 Å². The highest BCUT2D eigenvalue weighted by Crippen LogP contribution is 2.29. The summed E-state index contributed by atoms with van der Waals surface area (Å²) in [6, 6.07) is 0.730. The summed E-state index contributed by atoms with van der Waals surface area (Å²) in [5.41, 5.74) is 1.58. The van der Waals surface area contributed by atoms with Crippen LogP contribution in [0.1, 0.15) is 26.2 Å². The molecule has 0 aromatic carbocycles. The molecule has 2 unspecified atom stereocenters. The van der Waals surface area contributed by atoms with Gasteiger partial charge in [-0.2, -0.15) is 0 Å². The molecule has 0 radical (unpaired) electrons. The third kappa shape index (κ3) is 0.988. The van der Waals surface area contributed by atoms with Crippen molar-refractivity contribution in [2.45, 2.75) is 32.2 Å². The molecule has 0 amide bonds. The summed E-state index contributed by atoms with van der Waals surface area (Å²) in [4.78, 5) is 0. The summed E-state index contributed by atoms with van der Waals surface area (Å²) in [6.07, 6.45) is 6.57. The molecule has 2 atom stereocenters. The highest BCUT2D eigenvalue weighted by Gasteiger charge is 2.27. The van der Waals surface area contributed by atoms with E-state index in [-0.39, 0.29) is 0 Å². The molecule has 1 heteroatoms. The van der Waals surface area contributed by atoms with Crippen molar-refractivity contribution in [1.29, 1.82) is 0 Å². The van der Waals surface area contributed by atoms with Gasteiger partial charge in [0.25, 0.3) is 0 Å². The molecule has 1 nitrogen and oxygen atoms in total. The van der Waals surface area contributed by atoms with Gasteiger partial charge in [-0.1, -0.05) is 11.6 Å². The van der Waals surface area contributed by atoms with Gasteiger partial charge in [0.05, 0.1) is 0 Å². The summed E-state index contributed by atoms with van der Waals surface area (Å²) in [6.45, 7) is 3.48. The number of fused-ring (bicyclic) bond motifs is 1. The second-order valence-corrected chi connectivity index (χ2v) is 3.58. The predicted octanol–water partition coefficient (Wildman–Crippen LogP) is 1.70. The Balaban J connectivity index is 2.13. The van der Waals surface area contributed by atoms with Gasteiger partial charge in [-0.25, -0.2) is 0 Å². The predicted molar refractivity (Wildman–Crippen MR) is 42.9 cm³/mol. The Bertz CT molecular complexity index is 160. The number of rotatable bonds is 0. The van der Waals surface area contributed by atoms with Crippen molar-refractivity contribution in [3.8, 4) is 0 Å². The Morgan fingerprint density at radius 3 is 3.30 bits per heavy atom. The molecule has 0 bridgehead atoms. The Kier molecular flexibility index (Phi) is 1.53. The van der Waals surface area contributed by atoms with Crippen LogP contribution in [0.4, 0.5) is 0 Å². The molecule has 1 N–H and O–H groups in total. The van der Waals surface area contributed by atoms with E-state index in [0.29, 0.717) is 0 Å². The summed E-state index contributed by atoms with van der Waals surface area (Å²) in [7, 11) is 0. The van der Waals surface area contributed by atoms with Crippen molar-refractivity contribution >= 4 is 0 Å². The lowest BCUT2D eigenvalue weighted by atomic mass is 9.87. The van der Waals surface area contributed by atoms with Crippen molar-refractivity contribution in [2.75, 3.05) is 6.54 Å². The van der Waals surface area contributed by atoms with E-state index >= 15 is 0 Å². The minimum Gasteiger partial charge on any atom is -0.310 e. The second kappa shape index (κ2) is 2.39. The first-order valence-corrected chi connectivity index (χ1v) is 4.27. The van der Waals surface area contributed by atoms with Gasteiger partial charge < -0.3 is 5.32 Å². The van der Waals surface area contributed by atoms with Crippen LogP contribution in [-0.2, 0) is 0 Å². The molecule has 1 fully saturated rings. The van der Waals surface area contributed by atoms with Crippen LogP contribution >= 0.6 is 0 Å². The molecule has 0 aromatic rings. The van der Waals surface area contributed by atoms with Gasteiger partial charge in [0, 0.05) is 6.04 Å². The fraction of sp³-hybridized carbons (Fsp3) is 0.778. The molecule has 56 valence electrons. The smallest absolute Gasteiger partial charge is 0.0281 e. The maximum absolute atomic E-state index is 3.51. The molecule has 1 heterocycles. The van der Waals surface area contributed by atoms with Crippen molar-refractivity contribution < 1.29 is 0 Å². The van der Waals surface area contributed by atoms with E-state index in [9.17, 15) is 0 Å². The van der Waals surface area contributed by atoms with Crippen LogP contribution in [-0.4, -0.2) is 12.6 Å². The van der Waals surface area contributed by atoms with E-state index in [1.54, 1.807) is 5.57 Å². The van der Waals surface area contributed by atoms with Gasteiger partial charge in [0.15, 0.2) is 0 Å². The SMILES string of the molecule is CC1=CC2NCCC2CC1. The summed E-state index contributed by atoms with van der Waals surface area (Å²) < 4.78 is 0. The first-order valence-electron chi connectivity index (χ1n) is 4.27. The third-order valence-corrected chi connectivity index (χ3v) is 2.78. The minimum absolute atomic E-state index is 0.730. The lowest BCUT2D eigenvalue weighted by Gasteiger charge is -2.22. The Labute approximate surface area is 62.5 Å². The van der Waals surface area contributed by atoms with Crippen LogP contribution in [0.5, 0.6) is 0 Å². The normalized spacial score (nSPS) is 39.1. The third-order valence-electron chi connectivity index (χ3n) is 2.78. The van der Waals surface area contributed by atoms with Crippen LogP contribution in [0.25, 0.3) is 0 Å².